The van der Waals surface area contributed by atoms with Gasteiger partial charge in [-0.2, -0.15) is 18.2 Å². The van der Waals surface area contributed by atoms with E-state index >= 15 is 0 Å². The molecule has 2 aliphatic rings. The summed E-state index contributed by atoms with van der Waals surface area (Å²) in [5, 5.41) is 5.87. The second-order valence-corrected chi connectivity index (χ2v) is 9.78. The molecular formula is C26H26ClF3N6O3. The Hall–Kier alpha value is -3.77. The number of carbonyl (C=O) groups excluding carboxylic acids is 1. The Labute approximate surface area is 227 Å². The number of rotatable bonds is 5. The summed E-state index contributed by atoms with van der Waals surface area (Å²) in [6.07, 6.45) is -3.28. The van der Waals surface area contributed by atoms with Gasteiger partial charge in [0.15, 0.2) is 5.82 Å². The van der Waals surface area contributed by atoms with Crippen molar-refractivity contribution in [1.82, 2.24) is 14.9 Å². The van der Waals surface area contributed by atoms with E-state index in [1.165, 1.54) is 24.5 Å². The fourth-order valence-corrected chi connectivity index (χ4v) is 4.51. The third kappa shape index (κ3) is 5.96. The van der Waals surface area contributed by atoms with Gasteiger partial charge in [-0.1, -0.05) is 11.6 Å². The van der Waals surface area contributed by atoms with Gasteiger partial charge in [-0.05, 0) is 50.4 Å². The van der Waals surface area contributed by atoms with E-state index in [9.17, 15) is 18.0 Å². The summed E-state index contributed by atoms with van der Waals surface area (Å²) >= 11 is 6.30. The average Bonchev–Trinajstić information content (AvgIpc) is 2.91. The van der Waals surface area contributed by atoms with E-state index in [4.69, 9.17) is 21.1 Å². The lowest BCUT2D eigenvalue weighted by molar-refractivity contribution is -0.137. The van der Waals surface area contributed by atoms with Crippen LogP contribution in [-0.2, 0) is 6.18 Å². The number of fused-ring (bicyclic) bond motifs is 1. The molecule has 39 heavy (non-hydrogen) atoms. The number of hydrogen-bond donors (Lipinski definition) is 2. The summed E-state index contributed by atoms with van der Waals surface area (Å²) in [7, 11) is 1.98. The maximum absolute atomic E-state index is 13.7. The fourth-order valence-electron chi connectivity index (χ4n) is 4.35. The van der Waals surface area contributed by atoms with Crippen LogP contribution < -0.4 is 25.0 Å². The van der Waals surface area contributed by atoms with Crippen LogP contribution in [0.1, 0.15) is 22.8 Å². The molecular weight excluding hydrogens is 537 g/mol. The molecule has 0 aliphatic carbocycles. The molecule has 1 fully saturated rings. The molecule has 1 amide bonds. The second-order valence-electron chi connectivity index (χ2n) is 9.38. The number of nitrogens with one attached hydrogen (secondary N) is 2. The van der Waals surface area contributed by atoms with Crippen molar-refractivity contribution in [2.24, 2.45) is 0 Å². The van der Waals surface area contributed by atoms with Crippen molar-refractivity contribution >= 4 is 34.7 Å². The standard InChI is InChI=1S/C26H26ClF3N6O3/c1-15-13-36(7-6-35(15)2)19-11-17(26(28,29)30)10-18(12-19)34-24(37)16-3-4-20(27)21(9-16)39-25-22-23(32-14-33-25)31-5-8-38-22/h3-4,9-12,14-15H,5-8,13H2,1-2H3,(H,34,37)(H,31,32,33)/t15-/m0/s1. The Morgan fingerprint density at radius 1 is 1.21 bits per heavy atom. The Bertz CT molecular complexity index is 1390. The van der Waals surface area contributed by atoms with Crippen LogP contribution in [0.3, 0.4) is 0 Å². The Kier molecular flexibility index (Phi) is 7.41. The lowest BCUT2D eigenvalue weighted by atomic mass is 10.1. The number of anilines is 3. The fraction of sp³-hybridized carbons (Fsp3) is 0.346. The average molecular weight is 563 g/mol. The molecule has 0 unspecified atom stereocenters. The van der Waals surface area contributed by atoms with E-state index in [2.05, 4.69) is 25.5 Å². The molecule has 1 aromatic heterocycles. The SMILES string of the molecule is C[C@H]1CN(c2cc(NC(=O)c3ccc(Cl)c(Oc4ncnc5c4OCCN5)c3)cc(C(F)(F)F)c2)CCN1C. The zero-order valence-corrected chi connectivity index (χ0v) is 21.9. The van der Waals surface area contributed by atoms with Gasteiger partial charge in [0.2, 0.25) is 5.75 Å². The van der Waals surface area contributed by atoms with Gasteiger partial charge in [0, 0.05) is 42.6 Å². The lowest BCUT2D eigenvalue weighted by Gasteiger charge is -2.39. The van der Waals surface area contributed by atoms with Gasteiger partial charge in [0.25, 0.3) is 11.8 Å². The molecule has 1 saturated heterocycles. The highest BCUT2D eigenvalue weighted by Gasteiger charge is 2.33. The van der Waals surface area contributed by atoms with Crippen LogP contribution in [0, 0.1) is 0 Å². The van der Waals surface area contributed by atoms with Crippen LogP contribution in [0.2, 0.25) is 5.02 Å². The van der Waals surface area contributed by atoms with Gasteiger partial charge >= 0.3 is 6.18 Å². The summed E-state index contributed by atoms with van der Waals surface area (Å²) in [5.41, 5.74) is -0.298. The maximum Gasteiger partial charge on any atom is 0.416 e. The number of likely N-dealkylation sites (N-methyl/N-ethyl adjacent to an activating group) is 1. The first-order chi connectivity index (χ1) is 18.6. The van der Waals surface area contributed by atoms with Crippen LogP contribution >= 0.6 is 11.6 Å². The maximum atomic E-state index is 13.7. The van der Waals surface area contributed by atoms with Crippen molar-refractivity contribution in [3.05, 3.63) is 58.9 Å². The molecule has 1 atom stereocenters. The second kappa shape index (κ2) is 10.8. The van der Waals surface area contributed by atoms with Crippen LogP contribution in [0.5, 0.6) is 17.4 Å². The Balaban J connectivity index is 1.40. The number of hydrogen-bond acceptors (Lipinski definition) is 8. The van der Waals surface area contributed by atoms with E-state index in [1.54, 1.807) is 6.07 Å². The predicted molar refractivity (Wildman–Crippen MR) is 141 cm³/mol. The molecule has 2 aliphatic heterocycles. The first-order valence-corrected chi connectivity index (χ1v) is 12.6. The van der Waals surface area contributed by atoms with Crippen molar-refractivity contribution in [2.75, 3.05) is 55.4 Å². The van der Waals surface area contributed by atoms with Gasteiger partial charge in [-0.25, -0.2) is 4.98 Å². The number of nitrogens with zero attached hydrogens (tertiary/aromatic N) is 4. The van der Waals surface area contributed by atoms with Gasteiger partial charge < -0.3 is 29.9 Å². The summed E-state index contributed by atoms with van der Waals surface area (Å²) in [5.74, 6) is 0.373. The topological polar surface area (TPSA) is 91.9 Å². The molecule has 2 N–H and O–H groups in total. The van der Waals surface area contributed by atoms with Crippen LogP contribution in [-0.4, -0.2) is 66.7 Å². The van der Waals surface area contributed by atoms with Crippen LogP contribution in [0.4, 0.5) is 30.4 Å². The molecule has 13 heteroatoms. The molecule has 0 radical (unpaired) electrons. The number of benzene rings is 2. The van der Waals surface area contributed by atoms with Gasteiger partial charge in [0.1, 0.15) is 18.7 Å². The van der Waals surface area contributed by atoms with Gasteiger partial charge in [-0.3, -0.25) is 4.79 Å². The zero-order valence-electron chi connectivity index (χ0n) is 21.2. The molecule has 2 aromatic carbocycles. The smallest absolute Gasteiger partial charge is 0.416 e. The highest BCUT2D eigenvalue weighted by Crippen LogP contribution is 2.39. The van der Waals surface area contributed by atoms with E-state index in [-0.39, 0.29) is 33.9 Å². The molecule has 5 rings (SSSR count). The largest absolute Gasteiger partial charge is 0.483 e. The molecule has 0 spiro atoms. The normalized spacial score (nSPS) is 17.6. The molecule has 0 saturated carbocycles. The minimum atomic E-state index is -4.58. The van der Waals surface area contributed by atoms with E-state index < -0.39 is 17.6 Å². The first-order valence-electron chi connectivity index (χ1n) is 12.3. The molecule has 3 heterocycles. The van der Waals surface area contributed by atoms with Crippen molar-refractivity contribution < 1.29 is 27.4 Å². The number of alkyl halides is 3. The number of piperazine rings is 1. The van der Waals surface area contributed by atoms with Gasteiger partial charge in [0.05, 0.1) is 17.1 Å². The summed E-state index contributed by atoms with van der Waals surface area (Å²) in [4.78, 5) is 25.4. The monoisotopic (exact) mass is 562 g/mol. The van der Waals surface area contributed by atoms with Crippen molar-refractivity contribution in [3.63, 3.8) is 0 Å². The summed E-state index contributed by atoms with van der Waals surface area (Å²) < 4.78 is 52.7. The highest BCUT2D eigenvalue weighted by atomic mass is 35.5. The number of amides is 1. The minimum Gasteiger partial charge on any atom is -0.483 e. The van der Waals surface area contributed by atoms with Crippen molar-refractivity contribution in [3.8, 4) is 17.4 Å². The Morgan fingerprint density at radius 3 is 2.79 bits per heavy atom. The zero-order chi connectivity index (χ0) is 27.7. The molecule has 3 aromatic rings. The van der Waals surface area contributed by atoms with Crippen molar-refractivity contribution in [1.29, 1.82) is 0 Å². The number of ether oxygens (including phenoxy) is 2. The number of carbonyl (C=O) groups is 1. The van der Waals surface area contributed by atoms with E-state index in [1.807, 2.05) is 18.9 Å². The molecule has 9 nitrogen and oxygen atoms in total. The quantitative estimate of drug-likeness (QED) is 0.442. The van der Waals surface area contributed by atoms with E-state index in [0.717, 1.165) is 12.1 Å². The lowest BCUT2D eigenvalue weighted by Crippen LogP contribution is -2.50. The van der Waals surface area contributed by atoms with Crippen LogP contribution in [0.15, 0.2) is 42.7 Å². The number of halogens is 4. The summed E-state index contributed by atoms with van der Waals surface area (Å²) in [6.45, 7) is 4.82. The molecule has 206 valence electrons. The third-order valence-corrected chi connectivity index (χ3v) is 6.95. The number of aromatic nitrogens is 2. The third-order valence-electron chi connectivity index (χ3n) is 6.64. The predicted octanol–water partition coefficient (Wildman–Crippen LogP) is 5.14. The molecule has 0 bridgehead atoms. The van der Waals surface area contributed by atoms with Gasteiger partial charge in [-0.15, -0.1) is 0 Å². The van der Waals surface area contributed by atoms with E-state index in [0.29, 0.717) is 50.0 Å². The van der Waals surface area contributed by atoms with Crippen molar-refractivity contribution in [2.45, 2.75) is 19.1 Å². The minimum absolute atomic E-state index is 0.0261. The van der Waals surface area contributed by atoms with Crippen LogP contribution in [0.25, 0.3) is 0 Å². The Morgan fingerprint density at radius 2 is 2.03 bits per heavy atom. The summed E-state index contributed by atoms with van der Waals surface area (Å²) in [6, 6.07) is 8.05. The highest BCUT2D eigenvalue weighted by molar-refractivity contribution is 6.32. The first kappa shape index (κ1) is 26.8.